The highest BCUT2D eigenvalue weighted by atomic mass is 19.4. The van der Waals surface area contributed by atoms with Crippen LogP contribution in [-0.4, -0.2) is 20.9 Å². The fourth-order valence-corrected chi connectivity index (χ4v) is 4.00. The number of nitrogen functional groups attached to an aromatic ring is 2. The Morgan fingerprint density at radius 2 is 1.83 bits per heavy atom. The maximum absolute atomic E-state index is 13.7. The molecule has 2 aromatic heterocycles. The van der Waals surface area contributed by atoms with Crippen molar-refractivity contribution in [2.24, 2.45) is 5.92 Å². The second-order valence-electron chi connectivity index (χ2n) is 8.38. The van der Waals surface area contributed by atoms with Gasteiger partial charge in [0.05, 0.1) is 22.5 Å². The van der Waals surface area contributed by atoms with E-state index in [1.807, 2.05) is 0 Å². The number of carbonyl (C=O) groups is 1. The Labute approximate surface area is 200 Å². The largest absolute Gasteiger partial charge is 0.416 e. The van der Waals surface area contributed by atoms with Crippen LogP contribution >= 0.6 is 0 Å². The molecule has 5 N–H and O–H groups in total. The van der Waals surface area contributed by atoms with Gasteiger partial charge < -0.3 is 16.8 Å². The van der Waals surface area contributed by atoms with Crippen LogP contribution in [0.4, 0.5) is 30.6 Å². The Balaban J connectivity index is 1.81. The van der Waals surface area contributed by atoms with Gasteiger partial charge in [-0.25, -0.2) is 15.0 Å². The van der Waals surface area contributed by atoms with Crippen molar-refractivity contribution in [1.29, 1.82) is 0 Å². The van der Waals surface area contributed by atoms with Crippen LogP contribution in [-0.2, 0) is 11.0 Å². The lowest BCUT2D eigenvalue weighted by Crippen LogP contribution is -2.20. The van der Waals surface area contributed by atoms with E-state index in [0.717, 1.165) is 37.8 Å². The zero-order chi connectivity index (χ0) is 25.2. The summed E-state index contributed by atoms with van der Waals surface area (Å²) in [6.45, 7) is 1.64. The van der Waals surface area contributed by atoms with Crippen molar-refractivity contribution < 1.29 is 18.0 Å². The molecule has 1 amide bonds. The Kier molecular flexibility index (Phi) is 6.60. The monoisotopic (exact) mass is 480 g/mol. The number of hydrogen-bond acceptors (Lipinski definition) is 6. The molecule has 1 aliphatic carbocycles. The fraction of sp³-hybridized carbons (Fsp3) is 0.280. The van der Waals surface area contributed by atoms with Crippen molar-refractivity contribution in [3.63, 3.8) is 0 Å². The molecule has 0 saturated heterocycles. The van der Waals surface area contributed by atoms with Crippen LogP contribution < -0.4 is 16.8 Å². The Bertz CT molecular complexity index is 1320. The lowest BCUT2D eigenvalue weighted by molar-refractivity contribution is -0.137. The van der Waals surface area contributed by atoms with Crippen molar-refractivity contribution >= 4 is 23.4 Å². The van der Waals surface area contributed by atoms with E-state index in [9.17, 15) is 18.0 Å². The minimum absolute atomic E-state index is 0.0307. The number of alkyl halides is 3. The number of nitrogens with two attached hydrogens (primary N) is 2. The number of carbonyl (C=O) groups excluding carboxylic acids is 1. The second-order valence-corrected chi connectivity index (χ2v) is 8.38. The lowest BCUT2D eigenvalue weighted by Gasteiger charge is -2.16. The van der Waals surface area contributed by atoms with Crippen LogP contribution in [0.5, 0.6) is 0 Å². The van der Waals surface area contributed by atoms with E-state index < -0.39 is 11.7 Å². The molecule has 1 aliphatic rings. The maximum atomic E-state index is 13.7. The third-order valence-corrected chi connectivity index (χ3v) is 5.75. The number of halogens is 3. The molecular formula is C25H23F3N6O. The van der Waals surface area contributed by atoms with Crippen molar-refractivity contribution in [2.75, 3.05) is 16.8 Å². The summed E-state index contributed by atoms with van der Waals surface area (Å²) in [5, 5.41) is 2.65. The summed E-state index contributed by atoms with van der Waals surface area (Å²) in [5.74, 6) is 5.56. The lowest BCUT2D eigenvalue weighted by atomic mass is 10.0. The average molecular weight is 480 g/mol. The first-order valence-electron chi connectivity index (χ1n) is 11.0. The van der Waals surface area contributed by atoms with Gasteiger partial charge in [-0.15, -0.1) is 0 Å². The molecule has 35 heavy (non-hydrogen) atoms. The highest BCUT2D eigenvalue weighted by molar-refractivity contribution is 5.93. The van der Waals surface area contributed by atoms with E-state index in [1.54, 1.807) is 19.1 Å². The summed E-state index contributed by atoms with van der Waals surface area (Å²) in [7, 11) is 0. The summed E-state index contributed by atoms with van der Waals surface area (Å²) in [5.41, 5.74) is 12.0. The predicted molar refractivity (Wildman–Crippen MR) is 127 cm³/mol. The van der Waals surface area contributed by atoms with Crippen LogP contribution in [0.2, 0.25) is 0 Å². The van der Waals surface area contributed by atoms with Crippen molar-refractivity contribution in [1.82, 2.24) is 15.0 Å². The van der Waals surface area contributed by atoms with E-state index in [1.165, 1.54) is 12.3 Å². The fourth-order valence-electron chi connectivity index (χ4n) is 4.00. The first kappa shape index (κ1) is 24.0. The molecule has 3 aromatic rings. The molecule has 0 radical (unpaired) electrons. The van der Waals surface area contributed by atoms with Gasteiger partial charge in [0.15, 0.2) is 0 Å². The van der Waals surface area contributed by atoms with Gasteiger partial charge in [0, 0.05) is 28.9 Å². The molecule has 1 fully saturated rings. The minimum Gasteiger partial charge on any atom is -0.384 e. The number of amides is 1. The maximum Gasteiger partial charge on any atom is 0.416 e. The van der Waals surface area contributed by atoms with Gasteiger partial charge >= 0.3 is 6.18 Å². The standard InChI is InChI=1S/C25H23F3N6O/c1-14-20(8-6-15-7-9-21(29)31-13-15)22(34-24(30)32-14)17-10-18(25(26,27)28)12-19(11-17)33-23(35)16-4-2-3-5-16/h7,9-13,16H,2-5H2,1H3,(H2,29,31)(H,33,35)(H2,30,32,34). The Hall–Kier alpha value is -4.13. The number of aromatic nitrogens is 3. The number of aryl methyl sites for hydroxylation is 1. The molecule has 180 valence electrons. The number of nitrogens with one attached hydrogen (secondary N) is 1. The summed E-state index contributed by atoms with van der Waals surface area (Å²) < 4.78 is 41.2. The molecule has 7 nitrogen and oxygen atoms in total. The molecule has 1 aromatic carbocycles. The third-order valence-electron chi connectivity index (χ3n) is 5.75. The highest BCUT2D eigenvalue weighted by Gasteiger charge is 2.32. The van der Waals surface area contributed by atoms with E-state index in [4.69, 9.17) is 11.5 Å². The van der Waals surface area contributed by atoms with E-state index in [0.29, 0.717) is 22.6 Å². The van der Waals surface area contributed by atoms with Crippen molar-refractivity contribution in [3.8, 4) is 23.1 Å². The summed E-state index contributed by atoms with van der Waals surface area (Å²) in [6, 6.07) is 6.58. The summed E-state index contributed by atoms with van der Waals surface area (Å²) in [4.78, 5) is 24.9. The van der Waals surface area contributed by atoms with Crippen molar-refractivity contribution in [2.45, 2.75) is 38.8 Å². The number of nitrogens with zero attached hydrogens (tertiary/aromatic N) is 3. The van der Waals surface area contributed by atoms with Crippen LogP contribution in [0.25, 0.3) is 11.3 Å². The van der Waals surface area contributed by atoms with E-state index >= 15 is 0 Å². The smallest absolute Gasteiger partial charge is 0.384 e. The minimum atomic E-state index is -4.64. The third kappa shape index (κ3) is 5.69. The van der Waals surface area contributed by atoms with Crippen LogP contribution in [0.1, 0.15) is 48.1 Å². The normalized spacial score (nSPS) is 13.8. The average Bonchev–Trinajstić information content (AvgIpc) is 3.34. The van der Waals surface area contributed by atoms with Gasteiger partial charge in [-0.2, -0.15) is 13.2 Å². The van der Waals surface area contributed by atoms with Gasteiger partial charge in [0.2, 0.25) is 11.9 Å². The molecule has 1 saturated carbocycles. The number of hydrogen-bond donors (Lipinski definition) is 3. The van der Waals surface area contributed by atoms with Crippen LogP contribution in [0, 0.1) is 24.7 Å². The van der Waals surface area contributed by atoms with Gasteiger partial charge in [0.1, 0.15) is 5.82 Å². The first-order valence-corrected chi connectivity index (χ1v) is 11.0. The molecule has 4 rings (SSSR count). The number of anilines is 3. The molecule has 0 aliphatic heterocycles. The van der Waals surface area contributed by atoms with Crippen molar-refractivity contribution in [3.05, 3.63) is 58.9 Å². The van der Waals surface area contributed by atoms with E-state index in [-0.39, 0.29) is 34.7 Å². The van der Waals surface area contributed by atoms with E-state index in [2.05, 4.69) is 32.1 Å². The molecule has 2 heterocycles. The van der Waals surface area contributed by atoms with Gasteiger partial charge in [-0.1, -0.05) is 24.7 Å². The Morgan fingerprint density at radius 1 is 1.09 bits per heavy atom. The van der Waals surface area contributed by atoms with Gasteiger partial charge in [-0.05, 0) is 50.1 Å². The quantitative estimate of drug-likeness (QED) is 0.473. The predicted octanol–water partition coefficient (Wildman–Crippen LogP) is 4.56. The zero-order valence-electron chi connectivity index (χ0n) is 18.9. The molecule has 0 spiro atoms. The van der Waals surface area contributed by atoms with Gasteiger partial charge in [0.25, 0.3) is 0 Å². The number of rotatable bonds is 3. The molecule has 0 unspecified atom stereocenters. The van der Waals surface area contributed by atoms with Crippen LogP contribution in [0.3, 0.4) is 0 Å². The number of pyridine rings is 1. The number of benzene rings is 1. The Morgan fingerprint density at radius 3 is 2.49 bits per heavy atom. The zero-order valence-corrected chi connectivity index (χ0v) is 18.9. The molecule has 0 bridgehead atoms. The van der Waals surface area contributed by atoms with Crippen LogP contribution in [0.15, 0.2) is 36.5 Å². The topological polar surface area (TPSA) is 120 Å². The second kappa shape index (κ2) is 9.62. The highest BCUT2D eigenvalue weighted by Crippen LogP contribution is 2.36. The molecular weight excluding hydrogens is 457 g/mol. The molecule has 0 atom stereocenters. The summed E-state index contributed by atoms with van der Waals surface area (Å²) in [6.07, 6.45) is 0.139. The van der Waals surface area contributed by atoms with Gasteiger partial charge in [-0.3, -0.25) is 4.79 Å². The SMILES string of the molecule is Cc1nc(N)nc(-c2cc(NC(=O)C3CCCC3)cc(C(F)(F)F)c2)c1C#Cc1ccc(N)nc1. The summed E-state index contributed by atoms with van der Waals surface area (Å²) >= 11 is 0. The first-order chi connectivity index (χ1) is 16.6. The molecule has 10 heteroatoms.